The summed E-state index contributed by atoms with van der Waals surface area (Å²) in [5.74, 6) is 0.803. The van der Waals surface area contributed by atoms with E-state index in [0.29, 0.717) is 21.3 Å². The highest BCUT2D eigenvalue weighted by Gasteiger charge is 2.23. The molecule has 0 aliphatic carbocycles. The van der Waals surface area contributed by atoms with Crippen molar-refractivity contribution < 1.29 is 14.4 Å². The summed E-state index contributed by atoms with van der Waals surface area (Å²) in [7, 11) is 1.62. The van der Waals surface area contributed by atoms with E-state index in [1.807, 2.05) is 54.9 Å². The van der Waals surface area contributed by atoms with Crippen LogP contribution >= 0.6 is 23.8 Å². The van der Waals surface area contributed by atoms with E-state index in [-0.39, 0.29) is 5.76 Å². The summed E-state index contributed by atoms with van der Waals surface area (Å²) in [6, 6.07) is 20.0. The average Bonchev–Trinajstić information content (AvgIpc) is 2.70. The Kier molecular flexibility index (Phi) is 6.06. The van der Waals surface area contributed by atoms with Gasteiger partial charge in [0.15, 0.2) is 23.1 Å². The maximum atomic E-state index is 10.9. The zero-order valence-corrected chi connectivity index (χ0v) is 16.2. The molecule has 1 aromatic heterocycles. The van der Waals surface area contributed by atoms with Crippen molar-refractivity contribution in [2.24, 2.45) is 0 Å². The summed E-state index contributed by atoms with van der Waals surface area (Å²) < 4.78 is 6.94. The normalized spacial score (nSPS) is 11.5. The second-order valence-corrected chi connectivity index (χ2v) is 6.51. The standard InChI is InChI=1S/C21H17ClN2O2S/c1-26-18-11-9-17(10-12-18)23-21(27)19(24-13-3-2-4-14-24)20(25)15-5-7-16(22)8-6-15/h2-14H,1H3,(H-,23,25,27)/p+1. The van der Waals surface area contributed by atoms with Crippen LogP contribution in [0.25, 0.3) is 11.5 Å². The molecular weight excluding hydrogens is 380 g/mol. The molecule has 0 atom stereocenters. The number of methoxy groups -OCH3 is 1. The minimum absolute atomic E-state index is 0.0499. The lowest BCUT2D eigenvalue weighted by Crippen LogP contribution is -2.38. The van der Waals surface area contributed by atoms with Crippen LogP contribution in [0.4, 0.5) is 5.69 Å². The molecule has 0 aliphatic heterocycles. The molecule has 0 unspecified atom stereocenters. The molecule has 136 valence electrons. The Balaban J connectivity index is 2.00. The minimum Gasteiger partial charge on any atom is -0.502 e. The average molecular weight is 398 g/mol. The van der Waals surface area contributed by atoms with Crippen LogP contribution in [0.15, 0.2) is 79.1 Å². The van der Waals surface area contributed by atoms with Crippen LogP contribution in [-0.2, 0) is 0 Å². The Bertz CT molecular complexity index is 956. The van der Waals surface area contributed by atoms with Crippen molar-refractivity contribution in [2.45, 2.75) is 0 Å². The summed E-state index contributed by atoms with van der Waals surface area (Å²) in [4.78, 5) is 0.379. The molecule has 0 fully saturated rings. The summed E-state index contributed by atoms with van der Waals surface area (Å²) in [5.41, 5.74) is 1.87. The van der Waals surface area contributed by atoms with Crippen LogP contribution in [0.3, 0.4) is 0 Å². The Morgan fingerprint density at radius 3 is 2.22 bits per heavy atom. The fourth-order valence-corrected chi connectivity index (χ4v) is 2.95. The molecule has 0 saturated carbocycles. The second kappa shape index (κ2) is 8.66. The van der Waals surface area contributed by atoms with E-state index < -0.39 is 0 Å². The van der Waals surface area contributed by atoms with Gasteiger partial charge < -0.3 is 15.2 Å². The number of ether oxygens (including phenoxy) is 1. The van der Waals surface area contributed by atoms with E-state index in [1.165, 1.54) is 0 Å². The molecule has 27 heavy (non-hydrogen) atoms. The number of aromatic nitrogens is 1. The van der Waals surface area contributed by atoms with E-state index in [1.54, 1.807) is 35.9 Å². The summed E-state index contributed by atoms with van der Waals surface area (Å²) in [6.45, 7) is 0. The van der Waals surface area contributed by atoms with Gasteiger partial charge in [-0.25, -0.2) is 0 Å². The largest absolute Gasteiger partial charge is 0.502 e. The van der Waals surface area contributed by atoms with E-state index in [4.69, 9.17) is 28.6 Å². The van der Waals surface area contributed by atoms with Gasteiger partial charge >= 0.3 is 0 Å². The lowest BCUT2D eigenvalue weighted by molar-refractivity contribution is -0.575. The molecule has 3 rings (SSSR count). The van der Waals surface area contributed by atoms with Crippen molar-refractivity contribution in [3.8, 4) is 5.75 Å². The topological polar surface area (TPSA) is 45.4 Å². The van der Waals surface area contributed by atoms with Crippen LogP contribution in [0, 0.1) is 0 Å². The van der Waals surface area contributed by atoms with Crippen LogP contribution in [0.2, 0.25) is 5.02 Å². The van der Waals surface area contributed by atoms with Gasteiger partial charge in [0.25, 0.3) is 5.70 Å². The van der Waals surface area contributed by atoms with Gasteiger partial charge in [-0.2, -0.15) is 4.57 Å². The Morgan fingerprint density at radius 1 is 1.00 bits per heavy atom. The quantitative estimate of drug-likeness (QED) is 0.276. The molecule has 1 heterocycles. The van der Waals surface area contributed by atoms with E-state index in [0.717, 1.165) is 11.4 Å². The highest BCUT2D eigenvalue weighted by Crippen LogP contribution is 2.21. The number of aliphatic hydroxyl groups is 1. The highest BCUT2D eigenvalue weighted by atomic mass is 35.5. The number of thiocarbonyl (C=S) groups is 1. The number of hydrogen-bond donors (Lipinski definition) is 2. The number of nitrogens with one attached hydrogen (secondary N) is 1. The number of benzene rings is 2. The monoisotopic (exact) mass is 397 g/mol. The predicted octanol–water partition coefficient (Wildman–Crippen LogP) is 4.96. The summed E-state index contributed by atoms with van der Waals surface area (Å²) >= 11 is 11.6. The van der Waals surface area contributed by atoms with Crippen LogP contribution < -0.4 is 14.6 Å². The number of halogens is 1. The number of rotatable bonds is 5. The van der Waals surface area contributed by atoms with E-state index >= 15 is 0 Å². The maximum absolute atomic E-state index is 10.9. The second-order valence-electron chi connectivity index (χ2n) is 5.67. The molecule has 0 saturated heterocycles. The lowest BCUT2D eigenvalue weighted by Gasteiger charge is -2.10. The third kappa shape index (κ3) is 4.64. The molecular formula is C21H18ClN2O2S+. The Morgan fingerprint density at radius 2 is 1.63 bits per heavy atom. The van der Waals surface area contributed by atoms with Gasteiger partial charge in [-0.1, -0.05) is 29.9 Å². The first kappa shape index (κ1) is 18.9. The number of anilines is 1. The molecule has 0 radical (unpaired) electrons. The number of hydrogen-bond acceptors (Lipinski definition) is 3. The predicted molar refractivity (Wildman–Crippen MR) is 113 cm³/mol. The minimum atomic E-state index is 0.0499. The van der Waals surface area contributed by atoms with Gasteiger partial charge in [-0.15, -0.1) is 0 Å². The molecule has 4 nitrogen and oxygen atoms in total. The van der Waals surface area contributed by atoms with E-state index in [9.17, 15) is 5.11 Å². The molecule has 0 bridgehead atoms. The molecule has 0 amide bonds. The first-order valence-electron chi connectivity index (χ1n) is 8.20. The SMILES string of the molecule is COc1ccc(NC(=S)/C(=C(\O)c2ccc(Cl)cc2)[n+]2ccccc2)cc1. The molecule has 6 heteroatoms. The van der Waals surface area contributed by atoms with Crippen molar-refractivity contribution in [1.29, 1.82) is 0 Å². The molecule has 2 aromatic carbocycles. The third-order valence-corrected chi connectivity index (χ3v) is 4.43. The van der Waals surface area contributed by atoms with Gasteiger partial charge in [-0.3, -0.25) is 0 Å². The zero-order chi connectivity index (χ0) is 19.2. The van der Waals surface area contributed by atoms with Crippen LogP contribution in [-0.4, -0.2) is 17.2 Å². The summed E-state index contributed by atoms with van der Waals surface area (Å²) in [5, 5.41) is 14.7. The van der Waals surface area contributed by atoms with Gasteiger partial charge in [-0.05, 0) is 48.5 Å². The van der Waals surface area contributed by atoms with Gasteiger partial charge in [0.1, 0.15) is 5.75 Å². The zero-order valence-electron chi connectivity index (χ0n) is 14.6. The van der Waals surface area contributed by atoms with Crippen LogP contribution in [0.5, 0.6) is 5.75 Å². The Labute approximate surface area is 168 Å². The smallest absolute Gasteiger partial charge is 0.288 e. The van der Waals surface area contributed by atoms with Gasteiger partial charge in [0, 0.05) is 28.4 Å². The number of aliphatic hydroxyl groups excluding tert-OH is 1. The fourth-order valence-electron chi connectivity index (χ4n) is 2.50. The lowest BCUT2D eigenvalue weighted by atomic mass is 10.1. The van der Waals surface area contributed by atoms with Crippen molar-refractivity contribution >= 4 is 46.0 Å². The highest BCUT2D eigenvalue weighted by molar-refractivity contribution is 7.81. The first-order chi connectivity index (χ1) is 13.1. The molecule has 0 spiro atoms. The van der Waals surface area contributed by atoms with Crippen molar-refractivity contribution in [3.63, 3.8) is 0 Å². The van der Waals surface area contributed by atoms with Crippen molar-refractivity contribution in [2.75, 3.05) is 12.4 Å². The van der Waals surface area contributed by atoms with Gasteiger partial charge in [0.2, 0.25) is 0 Å². The number of pyridine rings is 1. The van der Waals surface area contributed by atoms with Crippen LogP contribution in [0.1, 0.15) is 5.56 Å². The summed E-state index contributed by atoms with van der Waals surface area (Å²) in [6.07, 6.45) is 3.65. The molecule has 3 aromatic rings. The Hall–Kier alpha value is -2.89. The molecule has 2 N–H and O–H groups in total. The van der Waals surface area contributed by atoms with Gasteiger partial charge in [0.05, 0.1) is 7.11 Å². The number of nitrogens with zero attached hydrogens (tertiary/aromatic N) is 1. The maximum Gasteiger partial charge on any atom is 0.288 e. The third-order valence-electron chi connectivity index (χ3n) is 3.88. The molecule has 0 aliphatic rings. The van der Waals surface area contributed by atoms with E-state index in [2.05, 4.69) is 5.32 Å². The first-order valence-corrected chi connectivity index (χ1v) is 8.98. The van der Waals surface area contributed by atoms with Crippen molar-refractivity contribution in [1.82, 2.24) is 0 Å². The van der Waals surface area contributed by atoms with Crippen molar-refractivity contribution in [3.05, 3.63) is 89.7 Å². The fraction of sp³-hybridized carbons (Fsp3) is 0.0476.